The minimum absolute atomic E-state index is 0.702. The summed E-state index contributed by atoms with van der Waals surface area (Å²) in [5, 5.41) is 17.4. The molecular formula is C20H22N4. The minimum Gasteiger partial charge on any atom is -0.160 e. The van der Waals surface area contributed by atoms with E-state index in [1.54, 1.807) is 0 Å². The SMILES string of the molecule is CC(C)=N/N=C(/C(=N/N=C(C)C)c1ccccc1)c1ccccc1. The predicted octanol–water partition coefficient (Wildman–Crippen LogP) is 4.76. The van der Waals surface area contributed by atoms with Crippen molar-refractivity contribution in [3.8, 4) is 0 Å². The summed E-state index contributed by atoms with van der Waals surface area (Å²) in [6, 6.07) is 19.9. The van der Waals surface area contributed by atoms with Crippen LogP contribution in [0.2, 0.25) is 0 Å². The molecule has 0 heterocycles. The maximum atomic E-state index is 4.45. The Balaban J connectivity index is 2.66. The van der Waals surface area contributed by atoms with Gasteiger partial charge in [0.05, 0.1) is 0 Å². The second-order valence-corrected chi connectivity index (χ2v) is 5.72. The van der Waals surface area contributed by atoms with Crippen LogP contribution < -0.4 is 0 Å². The van der Waals surface area contributed by atoms with Gasteiger partial charge in [0.2, 0.25) is 0 Å². The Labute approximate surface area is 143 Å². The first-order valence-corrected chi connectivity index (χ1v) is 7.87. The summed E-state index contributed by atoms with van der Waals surface area (Å²) in [6.07, 6.45) is 0. The third-order valence-electron chi connectivity index (χ3n) is 3.02. The summed E-state index contributed by atoms with van der Waals surface area (Å²) in [5.74, 6) is 0. The van der Waals surface area contributed by atoms with Gasteiger partial charge in [-0.05, 0) is 27.7 Å². The van der Waals surface area contributed by atoms with Crippen molar-refractivity contribution in [3.05, 3.63) is 71.8 Å². The summed E-state index contributed by atoms with van der Waals surface area (Å²) in [6.45, 7) is 7.67. The minimum atomic E-state index is 0.702. The van der Waals surface area contributed by atoms with E-state index in [2.05, 4.69) is 20.4 Å². The maximum absolute atomic E-state index is 4.45. The highest BCUT2D eigenvalue weighted by Crippen LogP contribution is 2.11. The third-order valence-corrected chi connectivity index (χ3v) is 3.02. The molecule has 4 heteroatoms. The summed E-state index contributed by atoms with van der Waals surface area (Å²) < 4.78 is 0. The van der Waals surface area contributed by atoms with Crippen LogP contribution >= 0.6 is 0 Å². The topological polar surface area (TPSA) is 49.4 Å². The van der Waals surface area contributed by atoms with Crippen molar-refractivity contribution in [2.45, 2.75) is 27.7 Å². The lowest BCUT2D eigenvalue weighted by molar-refractivity contribution is 1.20. The Bertz CT molecular complexity index is 707. The van der Waals surface area contributed by atoms with Crippen molar-refractivity contribution < 1.29 is 0 Å². The average Bonchev–Trinajstić information content (AvgIpc) is 2.59. The highest BCUT2D eigenvalue weighted by molar-refractivity contribution is 6.53. The molecule has 0 aliphatic heterocycles. The van der Waals surface area contributed by atoms with Crippen LogP contribution in [-0.2, 0) is 0 Å². The quantitative estimate of drug-likeness (QED) is 0.564. The molecule has 0 bridgehead atoms. The van der Waals surface area contributed by atoms with Crippen LogP contribution in [0.25, 0.3) is 0 Å². The van der Waals surface area contributed by atoms with Gasteiger partial charge in [0.1, 0.15) is 11.4 Å². The molecule has 0 aromatic heterocycles. The lowest BCUT2D eigenvalue weighted by Gasteiger charge is -2.09. The van der Waals surface area contributed by atoms with E-state index in [1.807, 2.05) is 88.4 Å². The van der Waals surface area contributed by atoms with Gasteiger partial charge in [-0.2, -0.15) is 10.2 Å². The lowest BCUT2D eigenvalue weighted by atomic mass is 10.00. The Kier molecular flexibility index (Phi) is 6.32. The van der Waals surface area contributed by atoms with E-state index < -0.39 is 0 Å². The molecule has 0 atom stereocenters. The van der Waals surface area contributed by atoms with Gasteiger partial charge in [-0.15, -0.1) is 10.2 Å². The average molecular weight is 318 g/mol. The molecule has 0 fully saturated rings. The Morgan fingerprint density at radius 2 is 0.833 bits per heavy atom. The van der Waals surface area contributed by atoms with Crippen LogP contribution in [0.1, 0.15) is 38.8 Å². The van der Waals surface area contributed by atoms with Crippen LogP contribution in [0.15, 0.2) is 81.1 Å². The summed E-state index contributed by atoms with van der Waals surface area (Å²) >= 11 is 0. The Morgan fingerprint density at radius 1 is 0.500 bits per heavy atom. The second kappa shape index (κ2) is 8.67. The highest BCUT2D eigenvalue weighted by Gasteiger charge is 2.14. The molecule has 0 amide bonds. The number of hydrogen-bond donors (Lipinski definition) is 0. The van der Waals surface area contributed by atoms with Crippen LogP contribution in [-0.4, -0.2) is 22.8 Å². The molecule has 0 saturated heterocycles. The van der Waals surface area contributed by atoms with Gasteiger partial charge in [0.15, 0.2) is 0 Å². The van der Waals surface area contributed by atoms with Crippen molar-refractivity contribution >= 4 is 22.8 Å². The number of hydrogen-bond acceptors (Lipinski definition) is 4. The van der Waals surface area contributed by atoms with E-state index in [9.17, 15) is 0 Å². The molecule has 4 nitrogen and oxygen atoms in total. The van der Waals surface area contributed by atoms with Crippen molar-refractivity contribution in [1.82, 2.24) is 0 Å². The van der Waals surface area contributed by atoms with Crippen LogP contribution in [0.3, 0.4) is 0 Å². The lowest BCUT2D eigenvalue weighted by Crippen LogP contribution is -2.17. The number of benzene rings is 2. The molecule has 0 aliphatic rings. The van der Waals surface area contributed by atoms with E-state index >= 15 is 0 Å². The van der Waals surface area contributed by atoms with E-state index in [4.69, 9.17) is 0 Å². The van der Waals surface area contributed by atoms with E-state index in [1.165, 1.54) is 0 Å². The van der Waals surface area contributed by atoms with Gasteiger partial charge in [0.25, 0.3) is 0 Å². The van der Waals surface area contributed by atoms with Crippen LogP contribution in [0.4, 0.5) is 0 Å². The Hall–Kier alpha value is -2.88. The van der Waals surface area contributed by atoms with E-state index in [-0.39, 0.29) is 0 Å². The van der Waals surface area contributed by atoms with Crippen molar-refractivity contribution in [2.24, 2.45) is 20.4 Å². The maximum Gasteiger partial charge on any atom is 0.121 e. The van der Waals surface area contributed by atoms with E-state index in [0.29, 0.717) is 11.4 Å². The monoisotopic (exact) mass is 318 g/mol. The largest absolute Gasteiger partial charge is 0.160 e. The molecule has 0 spiro atoms. The second-order valence-electron chi connectivity index (χ2n) is 5.72. The molecule has 0 aliphatic carbocycles. The zero-order valence-corrected chi connectivity index (χ0v) is 14.6. The molecule has 2 rings (SSSR count). The van der Waals surface area contributed by atoms with Crippen molar-refractivity contribution in [3.63, 3.8) is 0 Å². The third kappa shape index (κ3) is 5.09. The summed E-state index contributed by atoms with van der Waals surface area (Å²) in [7, 11) is 0. The smallest absolute Gasteiger partial charge is 0.121 e. The van der Waals surface area contributed by atoms with Gasteiger partial charge in [-0.25, -0.2) is 0 Å². The summed E-state index contributed by atoms with van der Waals surface area (Å²) in [5.41, 5.74) is 5.07. The van der Waals surface area contributed by atoms with Crippen molar-refractivity contribution in [2.75, 3.05) is 0 Å². The molecule has 0 radical (unpaired) electrons. The molecule has 122 valence electrons. The van der Waals surface area contributed by atoms with Crippen LogP contribution in [0, 0.1) is 0 Å². The molecular weight excluding hydrogens is 296 g/mol. The number of nitrogens with zero attached hydrogens (tertiary/aromatic N) is 4. The standard InChI is InChI=1S/C20H22N4/c1-15(2)21-23-19(17-11-7-5-8-12-17)20(24-22-16(3)4)18-13-9-6-10-14-18/h5-14H,1-4H3/b23-19+,24-20+. The van der Waals surface area contributed by atoms with Crippen molar-refractivity contribution in [1.29, 1.82) is 0 Å². The first kappa shape index (κ1) is 17.5. The molecule has 24 heavy (non-hydrogen) atoms. The fraction of sp³-hybridized carbons (Fsp3) is 0.200. The Morgan fingerprint density at radius 3 is 1.12 bits per heavy atom. The first-order chi connectivity index (χ1) is 11.6. The fourth-order valence-corrected chi connectivity index (χ4v) is 1.98. The predicted molar refractivity (Wildman–Crippen MR) is 104 cm³/mol. The van der Waals surface area contributed by atoms with Gasteiger partial charge in [-0.1, -0.05) is 60.7 Å². The molecule has 0 saturated carbocycles. The molecule has 2 aromatic rings. The molecule has 0 N–H and O–H groups in total. The molecule has 0 unspecified atom stereocenters. The van der Waals surface area contributed by atoms with E-state index in [0.717, 1.165) is 22.6 Å². The molecule has 2 aromatic carbocycles. The first-order valence-electron chi connectivity index (χ1n) is 7.87. The van der Waals surface area contributed by atoms with Gasteiger partial charge >= 0.3 is 0 Å². The zero-order valence-electron chi connectivity index (χ0n) is 14.6. The summed E-state index contributed by atoms with van der Waals surface area (Å²) in [4.78, 5) is 0. The van der Waals surface area contributed by atoms with Gasteiger partial charge in [0, 0.05) is 22.6 Å². The van der Waals surface area contributed by atoms with Gasteiger partial charge < -0.3 is 0 Å². The van der Waals surface area contributed by atoms with Gasteiger partial charge in [-0.3, -0.25) is 0 Å². The normalized spacial score (nSPS) is 11.8. The highest BCUT2D eigenvalue weighted by atomic mass is 15.2. The zero-order chi connectivity index (χ0) is 17.4. The van der Waals surface area contributed by atoms with Crippen LogP contribution in [0.5, 0.6) is 0 Å². The fourth-order valence-electron chi connectivity index (χ4n) is 1.98. The number of rotatable bonds is 5.